The first-order chi connectivity index (χ1) is 9.90. The largest absolute Gasteiger partial charge is 0.398 e. The smallest absolute Gasteiger partial charge is 0.250 e. The van der Waals surface area contributed by atoms with Crippen molar-refractivity contribution in [2.24, 2.45) is 0 Å². The molecule has 2 aromatic rings. The van der Waals surface area contributed by atoms with Crippen LogP contribution >= 0.6 is 11.6 Å². The first-order valence-corrected chi connectivity index (χ1v) is 8.36. The van der Waals surface area contributed by atoms with Gasteiger partial charge in [-0.25, -0.2) is 8.42 Å². The molecule has 0 spiro atoms. The van der Waals surface area contributed by atoms with Gasteiger partial charge in [-0.15, -0.1) is 0 Å². The molecule has 0 atom stereocenters. The van der Waals surface area contributed by atoms with Crippen LogP contribution in [0.15, 0.2) is 52.3 Å². The van der Waals surface area contributed by atoms with Gasteiger partial charge in [0.25, 0.3) is 5.56 Å². The monoisotopic (exact) mass is 326 g/mol. The highest BCUT2D eigenvalue weighted by molar-refractivity contribution is 7.91. The number of aryl methyl sites for hydroxylation is 1. The lowest BCUT2D eigenvalue weighted by molar-refractivity contribution is 0.584. The molecule has 0 aliphatic rings. The number of rotatable bonds is 5. The minimum Gasteiger partial charge on any atom is -0.398 e. The van der Waals surface area contributed by atoms with Gasteiger partial charge in [-0.05, 0) is 24.6 Å². The average molecular weight is 327 g/mol. The van der Waals surface area contributed by atoms with Gasteiger partial charge in [0.05, 0.1) is 15.7 Å². The van der Waals surface area contributed by atoms with Crippen LogP contribution in [0.25, 0.3) is 0 Å². The van der Waals surface area contributed by atoms with Gasteiger partial charge in [-0.3, -0.25) is 4.79 Å². The van der Waals surface area contributed by atoms with Crippen LogP contribution < -0.4 is 11.3 Å². The van der Waals surface area contributed by atoms with Crippen molar-refractivity contribution in [3.05, 3.63) is 58.0 Å². The van der Waals surface area contributed by atoms with Crippen LogP contribution in [0.2, 0.25) is 5.02 Å². The fourth-order valence-corrected chi connectivity index (χ4v) is 3.82. The number of aromatic nitrogens is 1. The molecule has 0 bridgehead atoms. The zero-order chi connectivity index (χ0) is 15.5. The summed E-state index contributed by atoms with van der Waals surface area (Å²) in [5.74, 6) is -0.0853. The standard InChI is InChI=1S/C14H15ClN2O3S/c15-12-4-1-2-5-13(12)21(19,20)9-3-8-17-10-11(16)6-7-14(17)18/h1-2,4-7,10H,3,8-9,16H2. The van der Waals surface area contributed by atoms with Gasteiger partial charge in [-0.2, -0.15) is 0 Å². The highest BCUT2D eigenvalue weighted by Crippen LogP contribution is 2.22. The van der Waals surface area contributed by atoms with Crippen molar-refractivity contribution in [3.63, 3.8) is 0 Å². The molecule has 1 heterocycles. The second-order valence-corrected chi connectivity index (χ2v) is 7.08. The van der Waals surface area contributed by atoms with Crippen molar-refractivity contribution in [1.29, 1.82) is 0 Å². The maximum Gasteiger partial charge on any atom is 0.250 e. The van der Waals surface area contributed by atoms with E-state index in [-0.39, 0.29) is 27.8 Å². The number of nitrogens with zero attached hydrogens (tertiary/aromatic N) is 1. The predicted octanol–water partition coefficient (Wildman–Crippen LogP) is 1.95. The average Bonchev–Trinajstić information content (AvgIpc) is 2.43. The van der Waals surface area contributed by atoms with Gasteiger partial charge in [0.1, 0.15) is 0 Å². The fourth-order valence-electron chi connectivity index (χ4n) is 1.96. The number of halogens is 1. The maximum absolute atomic E-state index is 12.2. The Morgan fingerprint density at radius 1 is 1.14 bits per heavy atom. The molecular weight excluding hydrogens is 312 g/mol. The van der Waals surface area contributed by atoms with E-state index in [1.54, 1.807) is 12.1 Å². The van der Waals surface area contributed by atoms with E-state index in [1.165, 1.54) is 35.0 Å². The van der Waals surface area contributed by atoms with E-state index >= 15 is 0 Å². The summed E-state index contributed by atoms with van der Waals surface area (Å²) in [5, 5.41) is 0.207. The Balaban J connectivity index is 2.08. The number of anilines is 1. The molecule has 7 heteroatoms. The molecule has 0 fully saturated rings. The van der Waals surface area contributed by atoms with Crippen molar-refractivity contribution >= 4 is 27.1 Å². The Bertz CT molecular complexity index is 800. The molecule has 0 saturated carbocycles. The highest BCUT2D eigenvalue weighted by atomic mass is 35.5. The quantitative estimate of drug-likeness (QED) is 0.910. The Morgan fingerprint density at radius 3 is 2.57 bits per heavy atom. The summed E-state index contributed by atoms with van der Waals surface area (Å²) in [5.41, 5.74) is 5.85. The van der Waals surface area contributed by atoms with E-state index in [1.807, 2.05) is 0 Å². The molecule has 2 rings (SSSR count). The van der Waals surface area contributed by atoms with E-state index in [2.05, 4.69) is 0 Å². The number of benzene rings is 1. The molecule has 1 aromatic heterocycles. The van der Waals surface area contributed by atoms with Crippen molar-refractivity contribution in [2.45, 2.75) is 17.9 Å². The molecular formula is C14H15ClN2O3S. The lowest BCUT2D eigenvalue weighted by Crippen LogP contribution is -2.20. The Morgan fingerprint density at radius 2 is 1.86 bits per heavy atom. The summed E-state index contributed by atoms with van der Waals surface area (Å²) in [7, 11) is -3.46. The predicted molar refractivity (Wildman–Crippen MR) is 83.2 cm³/mol. The van der Waals surface area contributed by atoms with Gasteiger partial charge in [0.15, 0.2) is 9.84 Å². The Kier molecular flexibility index (Phi) is 4.69. The number of hydrogen-bond donors (Lipinski definition) is 1. The van der Waals surface area contributed by atoms with Gasteiger partial charge in [-0.1, -0.05) is 23.7 Å². The number of sulfone groups is 1. The normalized spacial score (nSPS) is 11.5. The summed E-state index contributed by atoms with van der Waals surface area (Å²) in [4.78, 5) is 11.7. The summed E-state index contributed by atoms with van der Waals surface area (Å²) in [6.07, 6.45) is 1.81. The molecule has 1 aromatic carbocycles. The summed E-state index contributed by atoms with van der Waals surface area (Å²) >= 11 is 5.90. The van der Waals surface area contributed by atoms with Crippen LogP contribution in [0.4, 0.5) is 5.69 Å². The zero-order valence-electron chi connectivity index (χ0n) is 11.2. The third-order valence-electron chi connectivity index (χ3n) is 2.99. The van der Waals surface area contributed by atoms with Crippen molar-refractivity contribution in [3.8, 4) is 0 Å². The van der Waals surface area contributed by atoms with Crippen LogP contribution in [-0.4, -0.2) is 18.7 Å². The van der Waals surface area contributed by atoms with Gasteiger partial charge >= 0.3 is 0 Å². The van der Waals surface area contributed by atoms with Gasteiger partial charge in [0, 0.05) is 24.5 Å². The molecule has 0 amide bonds. The minimum atomic E-state index is -3.46. The third-order valence-corrected chi connectivity index (χ3v) is 5.28. The molecule has 0 radical (unpaired) electrons. The van der Waals surface area contributed by atoms with E-state index in [0.29, 0.717) is 12.1 Å². The van der Waals surface area contributed by atoms with Crippen molar-refractivity contribution in [2.75, 3.05) is 11.5 Å². The first kappa shape index (κ1) is 15.6. The number of nitrogen functional groups attached to an aromatic ring is 1. The highest BCUT2D eigenvalue weighted by Gasteiger charge is 2.17. The van der Waals surface area contributed by atoms with Crippen LogP contribution in [0.1, 0.15) is 6.42 Å². The zero-order valence-corrected chi connectivity index (χ0v) is 12.8. The van der Waals surface area contributed by atoms with E-state index in [4.69, 9.17) is 17.3 Å². The number of hydrogen-bond acceptors (Lipinski definition) is 4. The second-order valence-electron chi connectivity index (χ2n) is 4.60. The number of nitrogens with two attached hydrogens (primary N) is 1. The molecule has 21 heavy (non-hydrogen) atoms. The minimum absolute atomic E-state index is 0.0853. The molecule has 0 unspecified atom stereocenters. The summed E-state index contributed by atoms with van der Waals surface area (Å²) < 4.78 is 25.8. The van der Waals surface area contributed by atoms with E-state index in [0.717, 1.165) is 0 Å². The molecule has 0 aliphatic heterocycles. The molecule has 112 valence electrons. The second kappa shape index (κ2) is 6.32. The van der Waals surface area contributed by atoms with Crippen LogP contribution in [0, 0.1) is 0 Å². The molecule has 0 aliphatic carbocycles. The van der Waals surface area contributed by atoms with E-state index < -0.39 is 9.84 Å². The molecule has 0 saturated heterocycles. The number of pyridine rings is 1. The van der Waals surface area contributed by atoms with Crippen LogP contribution in [-0.2, 0) is 16.4 Å². The Labute approximate surface area is 127 Å². The first-order valence-electron chi connectivity index (χ1n) is 6.33. The van der Waals surface area contributed by atoms with Gasteiger partial charge in [0.2, 0.25) is 0 Å². The summed E-state index contributed by atoms with van der Waals surface area (Å²) in [6.45, 7) is 0.285. The maximum atomic E-state index is 12.2. The topological polar surface area (TPSA) is 82.2 Å². The van der Waals surface area contributed by atoms with Crippen molar-refractivity contribution < 1.29 is 8.42 Å². The van der Waals surface area contributed by atoms with Crippen LogP contribution in [0.3, 0.4) is 0 Å². The van der Waals surface area contributed by atoms with Crippen molar-refractivity contribution in [1.82, 2.24) is 4.57 Å². The SMILES string of the molecule is Nc1ccc(=O)n(CCCS(=O)(=O)c2ccccc2Cl)c1. The molecule has 2 N–H and O–H groups in total. The Hall–Kier alpha value is -1.79. The van der Waals surface area contributed by atoms with Crippen LogP contribution in [0.5, 0.6) is 0 Å². The third kappa shape index (κ3) is 3.86. The lowest BCUT2D eigenvalue weighted by Gasteiger charge is -2.08. The van der Waals surface area contributed by atoms with E-state index in [9.17, 15) is 13.2 Å². The molecule has 5 nitrogen and oxygen atoms in total. The fraction of sp³-hybridized carbons (Fsp3) is 0.214. The summed E-state index contributed by atoms with van der Waals surface area (Å²) in [6, 6.07) is 9.19. The van der Waals surface area contributed by atoms with Gasteiger partial charge < -0.3 is 10.3 Å². The lowest BCUT2D eigenvalue weighted by atomic mass is 10.4.